The second-order valence-corrected chi connectivity index (χ2v) is 3.77. The summed E-state index contributed by atoms with van der Waals surface area (Å²) in [6, 6.07) is 5.23. The summed E-state index contributed by atoms with van der Waals surface area (Å²) in [5.41, 5.74) is -0.221. The van der Waals surface area contributed by atoms with Gasteiger partial charge in [0.25, 0.3) is 0 Å². The lowest BCUT2D eigenvalue weighted by molar-refractivity contribution is -0.383. The van der Waals surface area contributed by atoms with E-state index < -0.39 is 10.7 Å². The highest BCUT2D eigenvalue weighted by Crippen LogP contribution is 2.33. The fourth-order valence-corrected chi connectivity index (χ4v) is 1.74. The Kier molecular flexibility index (Phi) is 3.52. The fraction of sp³-hybridized carbons (Fsp3) is 0.0833. The number of nitro groups is 1. The van der Waals surface area contributed by atoms with Gasteiger partial charge in [0, 0.05) is 12.6 Å². The molecule has 7 nitrogen and oxygen atoms in total. The Labute approximate surface area is 112 Å². The second-order valence-electron chi connectivity index (χ2n) is 3.77. The average molecular weight is 273 g/mol. The predicted octanol–water partition coefficient (Wildman–Crippen LogP) is 2.10. The van der Waals surface area contributed by atoms with Crippen LogP contribution in [0.1, 0.15) is 5.56 Å². The summed E-state index contributed by atoms with van der Waals surface area (Å²) in [4.78, 5) is 18.1. The van der Waals surface area contributed by atoms with Crippen LogP contribution >= 0.6 is 0 Å². The monoisotopic (exact) mass is 273 g/mol. The molecular weight excluding hydrogens is 265 g/mol. The number of benzene rings is 1. The summed E-state index contributed by atoms with van der Waals surface area (Å²) in [6.45, 7) is 0. The van der Waals surface area contributed by atoms with Gasteiger partial charge in [-0.05, 0) is 18.2 Å². The summed E-state index contributed by atoms with van der Waals surface area (Å²) < 4.78 is 13.4. The van der Waals surface area contributed by atoms with Crippen LogP contribution in [0.15, 0.2) is 24.5 Å². The highest BCUT2D eigenvalue weighted by Gasteiger charge is 2.23. The van der Waals surface area contributed by atoms with Crippen molar-refractivity contribution in [1.29, 1.82) is 5.26 Å². The molecule has 1 heterocycles. The summed E-state index contributed by atoms with van der Waals surface area (Å²) in [6.07, 6.45) is 1.13. The molecule has 1 aromatic heterocycles. The van der Waals surface area contributed by atoms with Crippen LogP contribution in [-0.2, 0) is 0 Å². The first kappa shape index (κ1) is 13.4. The van der Waals surface area contributed by atoms with Gasteiger partial charge in [-0.25, -0.2) is 14.4 Å². The number of aromatic nitrogens is 2. The summed E-state index contributed by atoms with van der Waals surface area (Å²) in [5, 5.41) is 22.5. The smallest absolute Gasteiger partial charge is 0.337 e. The quantitative estimate of drug-likeness (QED) is 0.678. The van der Waals surface area contributed by atoms with Crippen molar-refractivity contribution in [3.8, 4) is 17.3 Å². The number of nitrogens with zero attached hydrogens (tertiary/aromatic N) is 4. The fourth-order valence-electron chi connectivity index (χ4n) is 1.74. The predicted molar refractivity (Wildman–Crippen MR) is 68.3 cm³/mol. The largest absolute Gasteiger partial charge is 0.367 e. The van der Waals surface area contributed by atoms with Crippen molar-refractivity contribution in [3.05, 3.63) is 46.0 Å². The molecule has 1 aromatic carbocycles. The molecule has 100 valence electrons. The maximum atomic E-state index is 13.4. The van der Waals surface area contributed by atoms with Crippen LogP contribution in [0.2, 0.25) is 0 Å². The van der Waals surface area contributed by atoms with Crippen molar-refractivity contribution >= 4 is 11.5 Å². The zero-order valence-electron chi connectivity index (χ0n) is 10.3. The first-order valence-corrected chi connectivity index (χ1v) is 5.45. The standard InChI is InChI=1S/C12H8FN5O2/c1-15-12-11(18(19)20)10(16-6-17-12)8-2-7(5-14)3-9(13)4-8/h2-4,6H,1H3,(H,15,16,17). The normalized spacial score (nSPS) is 9.85. The lowest BCUT2D eigenvalue weighted by atomic mass is 10.1. The van der Waals surface area contributed by atoms with E-state index in [0.29, 0.717) is 0 Å². The third-order valence-electron chi connectivity index (χ3n) is 2.54. The van der Waals surface area contributed by atoms with Crippen LogP contribution in [0.25, 0.3) is 11.3 Å². The minimum Gasteiger partial charge on any atom is -0.367 e. The minimum atomic E-state index is -0.669. The molecule has 0 fully saturated rings. The van der Waals surface area contributed by atoms with E-state index >= 15 is 0 Å². The van der Waals surface area contributed by atoms with E-state index in [0.717, 1.165) is 18.5 Å². The van der Waals surface area contributed by atoms with Gasteiger partial charge >= 0.3 is 5.69 Å². The zero-order chi connectivity index (χ0) is 14.7. The Bertz CT molecular complexity index is 726. The Morgan fingerprint density at radius 2 is 2.15 bits per heavy atom. The Morgan fingerprint density at radius 3 is 2.75 bits per heavy atom. The SMILES string of the molecule is CNc1ncnc(-c2cc(F)cc(C#N)c2)c1[N+](=O)[O-]. The number of anilines is 1. The molecule has 0 aliphatic heterocycles. The third-order valence-corrected chi connectivity index (χ3v) is 2.54. The van der Waals surface area contributed by atoms with Crippen LogP contribution in [0, 0.1) is 27.3 Å². The summed E-state index contributed by atoms with van der Waals surface area (Å²) in [5.74, 6) is -0.652. The first-order chi connectivity index (χ1) is 9.56. The maximum Gasteiger partial charge on any atom is 0.337 e. The summed E-state index contributed by atoms with van der Waals surface area (Å²) in [7, 11) is 1.48. The molecule has 0 aliphatic carbocycles. The molecule has 0 saturated heterocycles. The van der Waals surface area contributed by atoms with Gasteiger partial charge in [0.05, 0.1) is 16.6 Å². The second kappa shape index (κ2) is 5.27. The van der Waals surface area contributed by atoms with Crippen LogP contribution in [0.4, 0.5) is 15.9 Å². The Hall–Kier alpha value is -3.08. The molecule has 1 N–H and O–H groups in total. The zero-order valence-corrected chi connectivity index (χ0v) is 10.3. The van der Waals surface area contributed by atoms with E-state index in [9.17, 15) is 14.5 Å². The van der Waals surface area contributed by atoms with Gasteiger partial charge in [-0.15, -0.1) is 0 Å². The van der Waals surface area contributed by atoms with Gasteiger partial charge in [-0.3, -0.25) is 10.1 Å². The van der Waals surface area contributed by atoms with E-state index in [-0.39, 0.29) is 28.3 Å². The molecule has 0 aliphatic rings. The van der Waals surface area contributed by atoms with Gasteiger partial charge in [0.2, 0.25) is 5.82 Å². The van der Waals surface area contributed by atoms with E-state index in [1.165, 1.54) is 13.1 Å². The first-order valence-electron chi connectivity index (χ1n) is 5.45. The van der Waals surface area contributed by atoms with Gasteiger partial charge in [0.15, 0.2) is 5.69 Å². The number of rotatable bonds is 3. The molecular formula is C12H8FN5O2. The van der Waals surface area contributed by atoms with Gasteiger partial charge < -0.3 is 5.32 Å². The van der Waals surface area contributed by atoms with Crippen molar-refractivity contribution < 1.29 is 9.31 Å². The van der Waals surface area contributed by atoms with Crippen LogP contribution in [-0.4, -0.2) is 21.9 Å². The Morgan fingerprint density at radius 1 is 1.40 bits per heavy atom. The molecule has 0 saturated carbocycles. The van der Waals surface area contributed by atoms with Crippen molar-refractivity contribution in [2.24, 2.45) is 0 Å². The molecule has 20 heavy (non-hydrogen) atoms. The Balaban J connectivity index is 2.73. The van der Waals surface area contributed by atoms with Gasteiger partial charge in [-0.2, -0.15) is 5.26 Å². The molecule has 2 aromatic rings. The van der Waals surface area contributed by atoms with Crippen molar-refractivity contribution in [3.63, 3.8) is 0 Å². The van der Waals surface area contributed by atoms with E-state index in [2.05, 4.69) is 15.3 Å². The van der Waals surface area contributed by atoms with Crippen molar-refractivity contribution in [1.82, 2.24) is 9.97 Å². The number of hydrogen-bond donors (Lipinski definition) is 1. The molecule has 0 radical (unpaired) electrons. The van der Waals surface area contributed by atoms with Crippen molar-refractivity contribution in [2.75, 3.05) is 12.4 Å². The van der Waals surface area contributed by atoms with E-state index in [1.807, 2.05) is 0 Å². The molecule has 2 rings (SSSR count). The number of hydrogen-bond acceptors (Lipinski definition) is 6. The molecule has 8 heteroatoms. The maximum absolute atomic E-state index is 13.4. The molecule has 0 bridgehead atoms. The van der Waals surface area contributed by atoms with Crippen LogP contribution in [0.3, 0.4) is 0 Å². The van der Waals surface area contributed by atoms with Crippen LogP contribution in [0.5, 0.6) is 0 Å². The highest BCUT2D eigenvalue weighted by atomic mass is 19.1. The average Bonchev–Trinajstić information content (AvgIpc) is 2.45. The molecule has 0 atom stereocenters. The van der Waals surface area contributed by atoms with E-state index in [4.69, 9.17) is 5.26 Å². The molecule has 0 unspecified atom stereocenters. The summed E-state index contributed by atoms with van der Waals surface area (Å²) >= 11 is 0. The van der Waals surface area contributed by atoms with E-state index in [1.54, 1.807) is 6.07 Å². The third kappa shape index (κ3) is 2.37. The molecule has 0 amide bonds. The number of nitrogens with one attached hydrogen (secondary N) is 1. The topological polar surface area (TPSA) is 105 Å². The molecule has 0 spiro atoms. The lowest BCUT2D eigenvalue weighted by Crippen LogP contribution is -2.03. The number of halogens is 1. The lowest BCUT2D eigenvalue weighted by Gasteiger charge is -2.06. The van der Waals surface area contributed by atoms with Crippen molar-refractivity contribution in [2.45, 2.75) is 0 Å². The highest BCUT2D eigenvalue weighted by molar-refractivity contribution is 5.77. The van der Waals surface area contributed by atoms with Gasteiger partial charge in [-0.1, -0.05) is 0 Å². The number of nitriles is 1. The minimum absolute atomic E-state index is 0.0165. The van der Waals surface area contributed by atoms with Gasteiger partial charge in [0.1, 0.15) is 12.1 Å². The van der Waals surface area contributed by atoms with Crippen LogP contribution < -0.4 is 5.32 Å².